The average Bonchev–Trinajstić information content (AvgIpc) is 2.85. The lowest BCUT2D eigenvalue weighted by Crippen LogP contribution is -2.01. The molecule has 0 saturated carbocycles. The Hall–Kier alpha value is -2.35. The van der Waals surface area contributed by atoms with E-state index in [1.54, 1.807) is 12.3 Å². The van der Waals surface area contributed by atoms with Crippen LogP contribution < -0.4 is 5.32 Å². The van der Waals surface area contributed by atoms with Gasteiger partial charge < -0.3 is 5.32 Å². The Kier molecular flexibility index (Phi) is 4.14. The second-order valence-electron chi connectivity index (χ2n) is 4.27. The number of nitriles is 1. The highest BCUT2D eigenvalue weighted by atomic mass is 19.1. The van der Waals surface area contributed by atoms with E-state index in [2.05, 4.69) is 17.3 Å². The van der Waals surface area contributed by atoms with Gasteiger partial charge in [-0.05, 0) is 24.6 Å². The van der Waals surface area contributed by atoms with E-state index >= 15 is 0 Å². The van der Waals surface area contributed by atoms with Crippen LogP contribution in [0.25, 0.3) is 0 Å². The summed E-state index contributed by atoms with van der Waals surface area (Å²) in [7, 11) is 0. The minimum absolute atomic E-state index is 0.306. The van der Waals surface area contributed by atoms with E-state index < -0.39 is 5.82 Å². The molecule has 0 bridgehead atoms. The van der Waals surface area contributed by atoms with Gasteiger partial charge in [-0.2, -0.15) is 10.4 Å². The number of halogens is 1. The summed E-state index contributed by atoms with van der Waals surface area (Å²) in [5.74, 6) is -0.405. The maximum Gasteiger partial charge on any atom is 0.124 e. The van der Waals surface area contributed by atoms with Gasteiger partial charge in [-0.15, -0.1) is 0 Å². The van der Waals surface area contributed by atoms with Gasteiger partial charge in [-0.1, -0.05) is 6.92 Å². The molecule has 0 saturated heterocycles. The molecule has 0 aliphatic rings. The Morgan fingerprint density at radius 3 is 3.05 bits per heavy atom. The van der Waals surface area contributed by atoms with Crippen LogP contribution in [0.1, 0.15) is 24.5 Å². The molecule has 0 aliphatic carbocycles. The van der Waals surface area contributed by atoms with Crippen molar-refractivity contribution >= 4 is 5.69 Å². The molecule has 0 unspecified atom stereocenters. The zero-order chi connectivity index (χ0) is 13.7. The minimum Gasteiger partial charge on any atom is -0.380 e. The minimum atomic E-state index is -0.405. The van der Waals surface area contributed by atoms with E-state index in [9.17, 15) is 4.39 Å². The van der Waals surface area contributed by atoms with Gasteiger partial charge in [-0.25, -0.2) is 4.39 Å². The Labute approximate surface area is 111 Å². The maximum absolute atomic E-state index is 13.0. The molecule has 98 valence electrons. The van der Waals surface area contributed by atoms with E-state index in [1.807, 2.05) is 16.9 Å². The van der Waals surface area contributed by atoms with Crippen molar-refractivity contribution in [1.82, 2.24) is 9.78 Å². The van der Waals surface area contributed by atoms with E-state index in [4.69, 9.17) is 5.26 Å². The van der Waals surface area contributed by atoms with Crippen molar-refractivity contribution in [2.75, 3.05) is 5.32 Å². The zero-order valence-corrected chi connectivity index (χ0v) is 10.7. The summed E-state index contributed by atoms with van der Waals surface area (Å²) in [5.41, 5.74) is 1.97. The van der Waals surface area contributed by atoms with Crippen molar-refractivity contribution in [3.8, 4) is 6.07 Å². The maximum atomic E-state index is 13.0. The Balaban J connectivity index is 2.04. The molecule has 0 spiro atoms. The van der Waals surface area contributed by atoms with Gasteiger partial charge in [0.15, 0.2) is 0 Å². The fraction of sp³-hybridized carbons (Fsp3) is 0.286. The van der Waals surface area contributed by atoms with Crippen molar-refractivity contribution < 1.29 is 4.39 Å². The molecule has 0 radical (unpaired) electrons. The van der Waals surface area contributed by atoms with Crippen LogP contribution in [0.4, 0.5) is 10.1 Å². The molecule has 0 aliphatic heterocycles. The number of rotatable bonds is 5. The lowest BCUT2D eigenvalue weighted by molar-refractivity contribution is 0.602. The molecular weight excluding hydrogens is 243 g/mol. The number of aromatic nitrogens is 2. The highest BCUT2D eigenvalue weighted by molar-refractivity contribution is 5.57. The van der Waals surface area contributed by atoms with Crippen LogP contribution in [0.15, 0.2) is 30.6 Å². The highest BCUT2D eigenvalue weighted by Crippen LogP contribution is 2.16. The third kappa shape index (κ3) is 3.32. The van der Waals surface area contributed by atoms with Crippen molar-refractivity contribution in [3.05, 3.63) is 47.5 Å². The van der Waals surface area contributed by atoms with Crippen LogP contribution in [0.2, 0.25) is 0 Å². The van der Waals surface area contributed by atoms with Crippen molar-refractivity contribution in [2.24, 2.45) is 0 Å². The predicted octanol–water partition coefficient (Wildman–Crippen LogP) is 2.92. The number of nitrogens with one attached hydrogen (secondary N) is 1. The summed E-state index contributed by atoms with van der Waals surface area (Å²) >= 11 is 0. The van der Waals surface area contributed by atoms with Gasteiger partial charge in [-0.3, -0.25) is 4.68 Å². The van der Waals surface area contributed by atoms with Gasteiger partial charge in [0.2, 0.25) is 0 Å². The molecular formula is C14H15FN4. The molecule has 0 atom stereocenters. The largest absolute Gasteiger partial charge is 0.380 e. The van der Waals surface area contributed by atoms with Gasteiger partial charge in [0.1, 0.15) is 11.9 Å². The normalized spacial score (nSPS) is 10.2. The number of nitrogens with zero attached hydrogens (tertiary/aromatic N) is 3. The number of hydrogen-bond donors (Lipinski definition) is 1. The first kappa shape index (κ1) is 13.1. The van der Waals surface area contributed by atoms with E-state index in [-0.39, 0.29) is 0 Å². The fourth-order valence-electron chi connectivity index (χ4n) is 1.81. The average molecular weight is 258 g/mol. The van der Waals surface area contributed by atoms with E-state index in [0.29, 0.717) is 17.8 Å². The topological polar surface area (TPSA) is 53.6 Å². The number of anilines is 1. The lowest BCUT2D eigenvalue weighted by Gasteiger charge is -2.06. The van der Waals surface area contributed by atoms with Gasteiger partial charge in [0.25, 0.3) is 0 Å². The SMILES string of the molecule is CCCn1cc(CNc2ccc(F)cc2C#N)cn1. The molecule has 0 amide bonds. The van der Waals surface area contributed by atoms with Gasteiger partial charge in [0, 0.05) is 24.8 Å². The first-order valence-corrected chi connectivity index (χ1v) is 6.17. The molecule has 1 aromatic heterocycles. The molecule has 19 heavy (non-hydrogen) atoms. The fourth-order valence-corrected chi connectivity index (χ4v) is 1.81. The van der Waals surface area contributed by atoms with Gasteiger partial charge >= 0.3 is 0 Å². The summed E-state index contributed by atoms with van der Waals surface area (Å²) < 4.78 is 14.9. The zero-order valence-electron chi connectivity index (χ0n) is 10.7. The molecule has 5 heteroatoms. The van der Waals surface area contributed by atoms with Crippen molar-refractivity contribution in [3.63, 3.8) is 0 Å². The van der Waals surface area contributed by atoms with Crippen LogP contribution in [0.3, 0.4) is 0 Å². The lowest BCUT2D eigenvalue weighted by atomic mass is 10.2. The van der Waals surface area contributed by atoms with Crippen LogP contribution in [0.5, 0.6) is 0 Å². The van der Waals surface area contributed by atoms with E-state index in [1.165, 1.54) is 12.1 Å². The highest BCUT2D eigenvalue weighted by Gasteiger charge is 2.04. The van der Waals surface area contributed by atoms with Crippen molar-refractivity contribution in [2.45, 2.75) is 26.4 Å². The Morgan fingerprint density at radius 2 is 2.32 bits per heavy atom. The molecule has 4 nitrogen and oxygen atoms in total. The number of aryl methyl sites for hydroxylation is 1. The number of hydrogen-bond acceptors (Lipinski definition) is 3. The second-order valence-corrected chi connectivity index (χ2v) is 4.27. The summed E-state index contributed by atoms with van der Waals surface area (Å²) in [6, 6.07) is 6.11. The first-order valence-electron chi connectivity index (χ1n) is 6.17. The molecule has 1 N–H and O–H groups in total. The molecule has 0 fully saturated rings. The number of benzene rings is 1. The molecule has 2 aromatic rings. The molecule has 1 aromatic carbocycles. The van der Waals surface area contributed by atoms with Crippen LogP contribution >= 0.6 is 0 Å². The third-order valence-electron chi connectivity index (χ3n) is 2.72. The standard InChI is InChI=1S/C14H15FN4/c1-2-5-19-10-11(9-18-19)8-17-14-4-3-13(15)6-12(14)7-16/h3-4,6,9-10,17H,2,5,8H2,1H3. The summed E-state index contributed by atoms with van der Waals surface area (Å²) in [6.45, 7) is 3.54. The van der Waals surface area contributed by atoms with Crippen LogP contribution in [0, 0.1) is 17.1 Å². The summed E-state index contributed by atoms with van der Waals surface area (Å²) in [6.07, 6.45) is 4.79. The quantitative estimate of drug-likeness (QED) is 0.897. The Morgan fingerprint density at radius 1 is 1.47 bits per heavy atom. The van der Waals surface area contributed by atoms with Crippen LogP contribution in [-0.2, 0) is 13.1 Å². The monoisotopic (exact) mass is 258 g/mol. The molecule has 2 rings (SSSR count). The second kappa shape index (κ2) is 6.01. The van der Waals surface area contributed by atoms with Crippen LogP contribution in [-0.4, -0.2) is 9.78 Å². The summed E-state index contributed by atoms with van der Waals surface area (Å²) in [5, 5.41) is 16.3. The Bertz CT molecular complexity index is 598. The molecule has 1 heterocycles. The van der Waals surface area contributed by atoms with Crippen molar-refractivity contribution in [1.29, 1.82) is 5.26 Å². The smallest absolute Gasteiger partial charge is 0.124 e. The predicted molar refractivity (Wildman–Crippen MR) is 71.0 cm³/mol. The summed E-state index contributed by atoms with van der Waals surface area (Å²) in [4.78, 5) is 0. The van der Waals surface area contributed by atoms with E-state index in [0.717, 1.165) is 18.5 Å². The third-order valence-corrected chi connectivity index (χ3v) is 2.72. The first-order chi connectivity index (χ1) is 9.22. The van der Waals surface area contributed by atoms with Gasteiger partial charge in [0.05, 0.1) is 17.4 Å².